The largest absolute Gasteiger partial charge is 0.399 e. The van der Waals surface area contributed by atoms with Crippen molar-refractivity contribution < 1.29 is 9.59 Å². The Balaban J connectivity index is 1.81. The van der Waals surface area contributed by atoms with Gasteiger partial charge in [0.15, 0.2) is 0 Å². The quantitative estimate of drug-likeness (QED) is 0.477. The number of rotatable bonds is 4. The molecule has 5 nitrogen and oxygen atoms in total. The molecule has 0 saturated heterocycles. The molecule has 140 valence electrons. The molecule has 0 aliphatic carbocycles. The Labute approximate surface area is 168 Å². The van der Waals surface area contributed by atoms with Crippen LogP contribution in [-0.2, 0) is 0 Å². The van der Waals surface area contributed by atoms with Crippen LogP contribution >= 0.6 is 0 Å². The smallest absolute Gasteiger partial charge is 0.255 e. The van der Waals surface area contributed by atoms with Crippen LogP contribution in [0.25, 0.3) is 0 Å². The van der Waals surface area contributed by atoms with Crippen molar-refractivity contribution in [2.75, 3.05) is 16.4 Å². The zero-order valence-electron chi connectivity index (χ0n) is 15.4. The zero-order chi connectivity index (χ0) is 20.8. The van der Waals surface area contributed by atoms with Crippen LogP contribution in [0, 0.1) is 24.7 Å². The normalized spacial score (nSPS) is 9.72. The third-order valence-corrected chi connectivity index (χ3v) is 4.05. The molecule has 0 saturated carbocycles. The summed E-state index contributed by atoms with van der Waals surface area (Å²) in [5, 5.41) is 5.49. The molecule has 0 spiro atoms. The van der Waals surface area contributed by atoms with E-state index >= 15 is 0 Å². The number of terminal acetylenes is 2. The second-order valence-corrected chi connectivity index (χ2v) is 6.20. The summed E-state index contributed by atoms with van der Waals surface area (Å²) in [4.78, 5) is 25.2. The summed E-state index contributed by atoms with van der Waals surface area (Å²) in [5.74, 6) is 4.20. The molecule has 3 aromatic carbocycles. The molecule has 5 heteroatoms. The fourth-order valence-electron chi connectivity index (χ4n) is 2.69. The molecule has 2 amide bonds. The fourth-order valence-corrected chi connectivity index (χ4v) is 2.69. The number of nitrogens with two attached hydrogens (primary N) is 1. The van der Waals surface area contributed by atoms with Gasteiger partial charge < -0.3 is 16.4 Å². The Morgan fingerprint density at radius 2 is 1.17 bits per heavy atom. The minimum Gasteiger partial charge on any atom is -0.399 e. The van der Waals surface area contributed by atoms with Gasteiger partial charge in [-0.05, 0) is 54.6 Å². The van der Waals surface area contributed by atoms with Gasteiger partial charge in [-0.15, -0.1) is 12.8 Å². The number of benzene rings is 3. The van der Waals surface area contributed by atoms with Crippen LogP contribution in [0.4, 0.5) is 17.1 Å². The van der Waals surface area contributed by atoms with Gasteiger partial charge in [-0.2, -0.15) is 0 Å². The Morgan fingerprint density at radius 1 is 0.724 bits per heavy atom. The first kappa shape index (κ1) is 19.3. The third-order valence-electron chi connectivity index (χ3n) is 4.05. The van der Waals surface area contributed by atoms with Crippen molar-refractivity contribution in [3.8, 4) is 24.7 Å². The Kier molecular flexibility index (Phi) is 5.64. The van der Waals surface area contributed by atoms with Crippen LogP contribution in [0.5, 0.6) is 0 Å². The molecule has 29 heavy (non-hydrogen) atoms. The van der Waals surface area contributed by atoms with E-state index in [0.717, 1.165) is 0 Å². The van der Waals surface area contributed by atoms with Crippen LogP contribution in [0.2, 0.25) is 0 Å². The first-order valence-electron chi connectivity index (χ1n) is 8.65. The van der Waals surface area contributed by atoms with E-state index < -0.39 is 11.8 Å². The molecule has 0 aliphatic heterocycles. The topological polar surface area (TPSA) is 84.2 Å². The molecule has 0 fully saturated rings. The summed E-state index contributed by atoms with van der Waals surface area (Å²) in [7, 11) is 0. The molecular weight excluding hydrogens is 362 g/mol. The van der Waals surface area contributed by atoms with Crippen LogP contribution in [0.15, 0.2) is 66.7 Å². The van der Waals surface area contributed by atoms with E-state index in [9.17, 15) is 9.59 Å². The van der Waals surface area contributed by atoms with Gasteiger partial charge in [-0.25, -0.2) is 0 Å². The van der Waals surface area contributed by atoms with Gasteiger partial charge in [-0.3, -0.25) is 9.59 Å². The SMILES string of the molecule is C#Cc1cccc(NC(=O)c2cc(N)cc(C(=O)Nc3cccc(C#C)c3)c2)c1. The lowest BCUT2D eigenvalue weighted by atomic mass is 10.1. The Hall–Kier alpha value is -4.48. The van der Waals surface area contributed by atoms with Gasteiger partial charge in [0.1, 0.15) is 0 Å². The minimum atomic E-state index is -0.408. The molecule has 0 atom stereocenters. The highest BCUT2D eigenvalue weighted by molar-refractivity contribution is 6.09. The van der Waals surface area contributed by atoms with Gasteiger partial charge in [-0.1, -0.05) is 24.0 Å². The standard InChI is InChI=1S/C24H17N3O2/c1-3-16-7-5-9-21(11-16)26-23(28)18-13-19(15-20(25)14-18)24(29)27-22-10-6-8-17(4-2)12-22/h1-2,5-15H,25H2,(H,26,28)(H,27,29). The van der Waals surface area contributed by atoms with E-state index in [4.69, 9.17) is 18.6 Å². The predicted octanol–water partition coefficient (Wildman–Crippen LogP) is 3.74. The lowest BCUT2D eigenvalue weighted by Crippen LogP contribution is -2.16. The Morgan fingerprint density at radius 3 is 1.59 bits per heavy atom. The van der Waals surface area contributed by atoms with Crippen LogP contribution < -0.4 is 16.4 Å². The second-order valence-electron chi connectivity index (χ2n) is 6.20. The number of carbonyl (C=O) groups is 2. The second kappa shape index (κ2) is 8.47. The summed E-state index contributed by atoms with van der Waals surface area (Å²) >= 11 is 0. The molecular formula is C24H17N3O2. The highest BCUT2D eigenvalue weighted by Gasteiger charge is 2.13. The van der Waals surface area contributed by atoms with Crippen LogP contribution in [0.3, 0.4) is 0 Å². The van der Waals surface area contributed by atoms with Crippen molar-refractivity contribution in [1.82, 2.24) is 0 Å². The van der Waals surface area contributed by atoms with Crippen molar-refractivity contribution in [3.05, 3.63) is 89.0 Å². The van der Waals surface area contributed by atoms with Crippen LogP contribution in [-0.4, -0.2) is 11.8 Å². The first-order chi connectivity index (χ1) is 14.0. The molecule has 0 aliphatic rings. The van der Waals surface area contributed by atoms with E-state index in [2.05, 4.69) is 22.5 Å². The lowest BCUT2D eigenvalue weighted by molar-refractivity contribution is 0.102. The maximum atomic E-state index is 12.6. The summed E-state index contributed by atoms with van der Waals surface area (Å²) in [6.07, 6.45) is 10.8. The first-order valence-corrected chi connectivity index (χ1v) is 8.65. The summed E-state index contributed by atoms with van der Waals surface area (Å²) in [6.45, 7) is 0. The highest BCUT2D eigenvalue weighted by Crippen LogP contribution is 2.18. The van der Waals surface area contributed by atoms with Crippen molar-refractivity contribution >= 4 is 28.9 Å². The number of carbonyl (C=O) groups excluding carboxylic acids is 2. The average molecular weight is 379 g/mol. The number of nitrogen functional groups attached to an aromatic ring is 1. The number of hydrogen-bond donors (Lipinski definition) is 3. The number of anilines is 3. The maximum Gasteiger partial charge on any atom is 0.255 e. The molecule has 3 rings (SSSR count). The van der Waals surface area contributed by atoms with Gasteiger partial charge in [0.25, 0.3) is 11.8 Å². The maximum absolute atomic E-state index is 12.6. The zero-order valence-corrected chi connectivity index (χ0v) is 15.4. The highest BCUT2D eigenvalue weighted by atomic mass is 16.2. The molecule has 0 heterocycles. The van der Waals surface area contributed by atoms with Crippen LogP contribution in [0.1, 0.15) is 31.8 Å². The van der Waals surface area contributed by atoms with E-state index in [0.29, 0.717) is 22.5 Å². The number of nitrogens with one attached hydrogen (secondary N) is 2. The van der Waals surface area contributed by atoms with Gasteiger partial charge >= 0.3 is 0 Å². The number of amides is 2. The van der Waals surface area contributed by atoms with Crippen molar-refractivity contribution in [2.45, 2.75) is 0 Å². The summed E-state index contributed by atoms with van der Waals surface area (Å²) in [5.41, 5.74) is 9.07. The van der Waals surface area contributed by atoms with Crippen molar-refractivity contribution in [1.29, 1.82) is 0 Å². The minimum absolute atomic E-state index is 0.249. The third kappa shape index (κ3) is 4.82. The van der Waals surface area contributed by atoms with E-state index in [1.54, 1.807) is 48.5 Å². The van der Waals surface area contributed by atoms with E-state index in [1.165, 1.54) is 18.2 Å². The monoisotopic (exact) mass is 379 g/mol. The number of hydrogen-bond acceptors (Lipinski definition) is 3. The van der Waals surface area contributed by atoms with Crippen molar-refractivity contribution in [3.63, 3.8) is 0 Å². The molecule has 3 aromatic rings. The van der Waals surface area contributed by atoms with Crippen molar-refractivity contribution in [2.24, 2.45) is 0 Å². The molecule has 0 aromatic heterocycles. The van der Waals surface area contributed by atoms with Gasteiger partial charge in [0, 0.05) is 39.3 Å². The van der Waals surface area contributed by atoms with Gasteiger partial charge in [0.2, 0.25) is 0 Å². The molecule has 0 bridgehead atoms. The summed E-state index contributed by atoms with van der Waals surface area (Å²) < 4.78 is 0. The van der Waals surface area contributed by atoms with E-state index in [-0.39, 0.29) is 16.8 Å². The summed E-state index contributed by atoms with van der Waals surface area (Å²) in [6, 6.07) is 18.3. The lowest BCUT2D eigenvalue weighted by Gasteiger charge is -2.10. The van der Waals surface area contributed by atoms with E-state index in [1.807, 2.05) is 0 Å². The van der Waals surface area contributed by atoms with Gasteiger partial charge in [0.05, 0.1) is 0 Å². The Bertz CT molecular complexity index is 1090. The molecule has 0 radical (unpaired) electrons. The predicted molar refractivity (Wildman–Crippen MR) is 116 cm³/mol. The molecule has 0 unspecified atom stereocenters. The fraction of sp³-hybridized carbons (Fsp3) is 0. The average Bonchev–Trinajstić information content (AvgIpc) is 2.73. The molecule has 4 N–H and O–H groups in total.